The summed E-state index contributed by atoms with van der Waals surface area (Å²) in [5, 5.41) is 25.2. The zero-order valence-corrected chi connectivity index (χ0v) is 26.9. The van der Waals surface area contributed by atoms with Gasteiger partial charge in [-0.05, 0) is 53.9 Å². The van der Waals surface area contributed by atoms with E-state index in [0.717, 1.165) is 71.2 Å². The lowest BCUT2D eigenvalue weighted by molar-refractivity contribution is -0.384. The molecule has 0 saturated carbocycles. The molecule has 0 spiro atoms. The first-order valence-electron chi connectivity index (χ1n) is 14.0. The second kappa shape index (κ2) is 14.1. The number of thiophene rings is 2. The van der Waals surface area contributed by atoms with Crippen LogP contribution in [0.25, 0.3) is 12.2 Å². The molecule has 4 amide bonds. The largest absolute Gasteiger partial charge is 0.478 e. The number of carboxylic acids is 1. The molecule has 2 aromatic heterocycles. The second-order valence-electron chi connectivity index (χ2n) is 10.4. The Morgan fingerprint density at radius 1 is 0.769 bits per heavy atom. The van der Waals surface area contributed by atoms with Crippen molar-refractivity contribution in [3.8, 4) is 0 Å². The van der Waals surface area contributed by atoms with Crippen LogP contribution in [0.5, 0.6) is 0 Å². The van der Waals surface area contributed by atoms with Crippen LogP contribution >= 0.6 is 22.7 Å². The van der Waals surface area contributed by atoms with Crippen LogP contribution in [0, 0.1) is 10.1 Å². The summed E-state index contributed by atoms with van der Waals surface area (Å²) in [5.74, 6) is -4.61. The van der Waals surface area contributed by atoms with Gasteiger partial charge in [-0.25, -0.2) is 14.8 Å². The Kier molecular flexibility index (Phi) is 10.0. The Bertz CT molecular complexity index is 2210. The van der Waals surface area contributed by atoms with Gasteiger partial charge in [0.15, 0.2) is 0 Å². The lowest BCUT2D eigenvalue weighted by atomic mass is 10.1. The van der Waals surface area contributed by atoms with Crippen LogP contribution in [0.1, 0.15) is 31.9 Å². The Morgan fingerprint density at radius 3 is 1.71 bits per heavy atom. The van der Waals surface area contributed by atoms with Crippen molar-refractivity contribution in [1.82, 2.24) is 10.9 Å². The third-order valence-corrected chi connectivity index (χ3v) is 8.60. The van der Waals surface area contributed by atoms with Gasteiger partial charge < -0.3 is 5.11 Å². The molecule has 0 bridgehead atoms. The molecule has 0 radical (unpaired) electrons. The first-order chi connectivity index (χ1) is 24.3. The summed E-state index contributed by atoms with van der Waals surface area (Å²) in [6.07, 6.45) is -6.94. The van der Waals surface area contributed by atoms with Gasteiger partial charge in [-0.15, -0.1) is 11.3 Å². The lowest BCUT2D eigenvalue weighted by Crippen LogP contribution is -2.35. The number of carboxylic acid groups (broad SMARTS) is 1. The number of hydrogen-bond acceptors (Lipinski definition) is 9. The number of benzene rings is 2. The van der Waals surface area contributed by atoms with E-state index in [2.05, 4.69) is 10.9 Å². The molecular weight excluding hydrogens is 748 g/mol. The van der Waals surface area contributed by atoms with E-state index in [-0.39, 0.29) is 39.3 Å². The van der Waals surface area contributed by atoms with E-state index in [9.17, 15) is 60.4 Å². The van der Waals surface area contributed by atoms with E-state index in [1.165, 1.54) is 34.3 Å². The average molecular weight is 766 g/mol. The number of hydrogen-bond donors (Lipinski definition) is 3. The quantitative estimate of drug-likeness (QED) is 0.0697. The van der Waals surface area contributed by atoms with E-state index in [1.807, 2.05) is 0 Å². The first-order valence-corrected chi connectivity index (χ1v) is 15.8. The number of alkyl halides is 6. The molecule has 52 heavy (non-hydrogen) atoms. The fraction of sp³-hybridized carbons (Fsp3) is 0.0645. The molecule has 2 fully saturated rings. The average Bonchev–Trinajstić information content (AvgIpc) is 3.86. The van der Waals surface area contributed by atoms with Crippen molar-refractivity contribution < 1.29 is 60.3 Å². The van der Waals surface area contributed by atoms with Gasteiger partial charge in [0, 0.05) is 21.9 Å². The van der Waals surface area contributed by atoms with E-state index in [0.29, 0.717) is 14.9 Å². The van der Waals surface area contributed by atoms with Crippen molar-refractivity contribution in [2.45, 2.75) is 12.4 Å². The van der Waals surface area contributed by atoms with Gasteiger partial charge in [-0.1, -0.05) is 12.1 Å². The van der Waals surface area contributed by atoms with Gasteiger partial charge in [0.25, 0.3) is 29.3 Å². The molecule has 4 aromatic rings. The number of rotatable bonds is 6. The molecule has 0 unspecified atom stereocenters. The molecule has 3 N–H and O–H groups in total. The Hall–Kier alpha value is -6.35. The number of nitrogens with zero attached hydrogens (tertiary/aromatic N) is 3. The van der Waals surface area contributed by atoms with Gasteiger partial charge in [-0.2, -0.15) is 37.7 Å². The number of carbonyl (C=O) groups is 5. The zero-order chi connectivity index (χ0) is 38.1. The Balaban J connectivity index is 0.000000201. The van der Waals surface area contributed by atoms with Gasteiger partial charge in [0.1, 0.15) is 11.1 Å². The van der Waals surface area contributed by atoms with Gasteiger partial charge in [0.2, 0.25) is 0 Å². The molecular formula is C31H17F6N5O8S2. The predicted molar refractivity (Wildman–Crippen MR) is 172 cm³/mol. The van der Waals surface area contributed by atoms with E-state index < -0.39 is 58.0 Å². The summed E-state index contributed by atoms with van der Waals surface area (Å²) < 4.78 is 76.9. The third-order valence-electron chi connectivity index (χ3n) is 6.97. The molecule has 13 nitrogen and oxygen atoms in total. The highest BCUT2D eigenvalue weighted by Gasteiger charge is 2.38. The minimum absolute atomic E-state index is 0.0828. The molecule has 2 saturated heterocycles. The lowest BCUT2D eigenvalue weighted by Gasteiger charge is -2.16. The van der Waals surface area contributed by atoms with Gasteiger partial charge >= 0.3 is 18.3 Å². The smallest absolute Gasteiger partial charge is 0.416 e. The summed E-state index contributed by atoms with van der Waals surface area (Å²) in [4.78, 5) is 70.3. The molecule has 0 aliphatic carbocycles. The molecule has 2 aromatic carbocycles. The van der Waals surface area contributed by atoms with Crippen LogP contribution in [-0.4, -0.2) is 39.6 Å². The standard InChI is InChI=1S/C16H9F3N2O4S.C15H8F3N3O4S/c17-16(18,19)9-2-1-3-10(5-9)21-14(23)11(13(22)20-21)4-8-6-26-7-12(8)15(24)25;16-15(17,18)8-2-1-3-9(4-8)20-14(23)12(13(22)19-20)6-11-5-10(7-26-11)21(24)25/h1-7H,(H,20,22)(H,24,25);1-7H,(H,19,22). The van der Waals surface area contributed by atoms with Crippen LogP contribution in [0.4, 0.5) is 43.4 Å². The summed E-state index contributed by atoms with van der Waals surface area (Å²) in [6.45, 7) is 0. The topological polar surface area (TPSA) is 179 Å². The highest BCUT2D eigenvalue weighted by atomic mass is 32.1. The van der Waals surface area contributed by atoms with Crippen molar-refractivity contribution >= 4 is 81.5 Å². The molecule has 2 aliphatic rings. The maximum absolute atomic E-state index is 12.8. The first kappa shape index (κ1) is 36.9. The number of nitro groups is 1. The maximum Gasteiger partial charge on any atom is 0.416 e. The van der Waals surface area contributed by atoms with Crippen LogP contribution in [0.15, 0.2) is 81.9 Å². The number of nitrogens with one attached hydrogen (secondary N) is 2. The molecule has 268 valence electrons. The summed E-state index contributed by atoms with van der Waals surface area (Å²) >= 11 is 2.03. The maximum atomic E-state index is 12.8. The molecule has 4 heterocycles. The highest BCUT2D eigenvalue weighted by Crippen LogP contribution is 2.34. The Morgan fingerprint density at radius 2 is 1.27 bits per heavy atom. The fourth-order valence-corrected chi connectivity index (χ4v) is 6.09. The highest BCUT2D eigenvalue weighted by molar-refractivity contribution is 7.11. The molecule has 2 aliphatic heterocycles. The number of halogens is 6. The number of anilines is 2. The normalized spacial score (nSPS) is 16.3. The second-order valence-corrected chi connectivity index (χ2v) is 12.1. The minimum atomic E-state index is -4.60. The summed E-state index contributed by atoms with van der Waals surface area (Å²) in [6, 6.07) is 9.04. The van der Waals surface area contributed by atoms with E-state index in [4.69, 9.17) is 5.11 Å². The number of aromatic carboxylic acids is 1. The summed E-state index contributed by atoms with van der Waals surface area (Å²) in [7, 11) is 0. The van der Waals surface area contributed by atoms with Crippen LogP contribution < -0.4 is 20.9 Å². The van der Waals surface area contributed by atoms with E-state index in [1.54, 1.807) is 0 Å². The van der Waals surface area contributed by atoms with Gasteiger partial charge in [-0.3, -0.25) is 40.1 Å². The van der Waals surface area contributed by atoms with Crippen LogP contribution in [0.3, 0.4) is 0 Å². The number of carbonyl (C=O) groups excluding carboxylic acids is 4. The predicted octanol–water partition coefficient (Wildman–Crippen LogP) is 6.06. The summed E-state index contributed by atoms with van der Waals surface area (Å²) in [5.41, 5.74) is 1.28. The van der Waals surface area contributed by atoms with Crippen LogP contribution in [-0.2, 0) is 31.5 Å². The van der Waals surface area contributed by atoms with Crippen molar-refractivity contribution in [2.24, 2.45) is 0 Å². The number of hydrazine groups is 2. The zero-order valence-electron chi connectivity index (χ0n) is 25.3. The SMILES string of the molecule is O=C1NN(c2cccc(C(F)(F)F)c2)C(=O)C1=Cc1cc([N+](=O)[O-])cs1.O=C1NN(c2cccc(C(F)(F)F)c2)C(=O)C1=Cc1cscc1C(=O)O. The van der Waals surface area contributed by atoms with E-state index >= 15 is 0 Å². The molecule has 6 rings (SSSR count). The van der Waals surface area contributed by atoms with Crippen molar-refractivity contribution in [1.29, 1.82) is 0 Å². The van der Waals surface area contributed by atoms with Crippen molar-refractivity contribution in [2.75, 3.05) is 10.0 Å². The van der Waals surface area contributed by atoms with Crippen molar-refractivity contribution in [3.05, 3.63) is 119 Å². The molecule has 0 atom stereocenters. The molecule has 21 heteroatoms. The minimum Gasteiger partial charge on any atom is -0.478 e. The fourth-order valence-electron chi connectivity index (χ4n) is 4.53. The Labute approximate surface area is 293 Å². The third kappa shape index (κ3) is 7.84. The number of amides is 4. The monoisotopic (exact) mass is 765 g/mol. The van der Waals surface area contributed by atoms with Crippen LogP contribution in [0.2, 0.25) is 0 Å². The van der Waals surface area contributed by atoms with Crippen molar-refractivity contribution in [3.63, 3.8) is 0 Å². The van der Waals surface area contributed by atoms with Gasteiger partial charge in [0.05, 0.1) is 38.4 Å².